The average Bonchev–Trinajstić information content (AvgIpc) is 2.70. The third kappa shape index (κ3) is 1.86. The summed E-state index contributed by atoms with van der Waals surface area (Å²) in [7, 11) is 1.64. The lowest BCUT2D eigenvalue weighted by Gasteiger charge is -2.01. The van der Waals surface area contributed by atoms with Crippen molar-refractivity contribution in [2.45, 2.75) is 13.3 Å². The van der Waals surface area contributed by atoms with E-state index in [0.29, 0.717) is 0 Å². The molecule has 0 atom stereocenters. The lowest BCUT2D eigenvalue weighted by atomic mass is 10.1. The molecule has 84 valence electrons. The number of nitrogens with zero attached hydrogens (tertiary/aromatic N) is 1. The van der Waals surface area contributed by atoms with E-state index in [-0.39, 0.29) is 6.01 Å². The summed E-state index contributed by atoms with van der Waals surface area (Å²) in [6.07, 6.45) is 0.794. The summed E-state index contributed by atoms with van der Waals surface area (Å²) >= 11 is 0. The van der Waals surface area contributed by atoms with Gasteiger partial charge < -0.3 is 14.9 Å². The van der Waals surface area contributed by atoms with E-state index in [9.17, 15) is 0 Å². The molecule has 0 saturated carbocycles. The molecule has 2 rings (SSSR count). The van der Waals surface area contributed by atoms with Gasteiger partial charge in [0.05, 0.1) is 12.8 Å². The van der Waals surface area contributed by atoms with Crippen molar-refractivity contribution in [3.05, 3.63) is 30.0 Å². The molecule has 2 aromatic rings. The fraction of sp³-hybridized carbons (Fsp3) is 0.250. The van der Waals surface area contributed by atoms with Gasteiger partial charge in [-0.05, 0) is 30.7 Å². The van der Waals surface area contributed by atoms with Crippen LogP contribution in [0.5, 0.6) is 5.75 Å². The monoisotopic (exact) mass is 218 g/mol. The van der Waals surface area contributed by atoms with Gasteiger partial charge in [-0.25, -0.2) is 0 Å². The van der Waals surface area contributed by atoms with Gasteiger partial charge in [0.2, 0.25) is 0 Å². The predicted molar refractivity (Wildman–Crippen MR) is 62.3 cm³/mol. The van der Waals surface area contributed by atoms with Gasteiger partial charge in [-0.15, -0.1) is 0 Å². The summed E-state index contributed by atoms with van der Waals surface area (Å²) in [6, 6.07) is 7.83. The first-order chi connectivity index (χ1) is 7.74. The molecule has 0 unspecified atom stereocenters. The molecular weight excluding hydrogens is 204 g/mol. The van der Waals surface area contributed by atoms with Gasteiger partial charge in [-0.3, -0.25) is 0 Å². The minimum Gasteiger partial charge on any atom is -0.497 e. The number of nitrogens with two attached hydrogens (primary N) is 1. The first kappa shape index (κ1) is 10.5. The number of aromatic nitrogens is 1. The van der Waals surface area contributed by atoms with Gasteiger partial charge in [0.1, 0.15) is 5.75 Å². The zero-order valence-corrected chi connectivity index (χ0v) is 9.36. The van der Waals surface area contributed by atoms with E-state index in [1.54, 1.807) is 7.11 Å². The number of aryl methyl sites for hydroxylation is 1. The van der Waals surface area contributed by atoms with Gasteiger partial charge in [0.15, 0.2) is 5.76 Å². The van der Waals surface area contributed by atoms with Crippen molar-refractivity contribution in [2.24, 2.45) is 0 Å². The zero-order chi connectivity index (χ0) is 11.5. The van der Waals surface area contributed by atoms with Crippen LogP contribution in [0, 0.1) is 0 Å². The number of benzene rings is 1. The van der Waals surface area contributed by atoms with Crippen molar-refractivity contribution in [3.63, 3.8) is 0 Å². The summed E-state index contributed by atoms with van der Waals surface area (Å²) in [6.45, 7) is 2.02. The van der Waals surface area contributed by atoms with Crippen molar-refractivity contribution in [1.29, 1.82) is 0 Å². The number of oxazole rings is 1. The number of anilines is 1. The summed E-state index contributed by atoms with van der Waals surface area (Å²) in [5, 5.41) is 0. The molecule has 0 amide bonds. The van der Waals surface area contributed by atoms with E-state index in [1.807, 2.05) is 31.2 Å². The second-order valence-corrected chi connectivity index (χ2v) is 3.41. The van der Waals surface area contributed by atoms with Crippen LogP contribution >= 0.6 is 0 Å². The molecule has 16 heavy (non-hydrogen) atoms. The second-order valence-electron chi connectivity index (χ2n) is 3.41. The number of nitrogen functional groups attached to an aromatic ring is 1. The summed E-state index contributed by atoms with van der Waals surface area (Å²) in [4.78, 5) is 4.13. The lowest BCUT2D eigenvalue weighted by molar-refractivity contribution is 0.415. The molecule has 1 aromatic carbocycles. The maximum Gasteiger partial charge on any atom is 0.292 e. The largest absolute Gasteiger partial charge is 0.497 e. The van der Waals surface area contributed by atoms with Crippen molar-refractivity contribution >= 4 is 6.01 Å². The molecule has 1 aromatic heterocycles. The molecule has 0 bridgehead atoms. The maximum absolute atomic E-state index is 5.55. The van der Waals surface area contributed by atoms with E-state index in [0.717, 1.165) is 29.2 Å². The molecule has 0 aliphatic carbocycles. The number of hydrogen-bond donors (Lipinski definition) is 1. The first-order valence-electron chi connectivity index (χ1n) is 5.14. The van der Waals surface area contributed by atoms with Gasteiger partial charge in [-0.1, -0.05) is 6.92 Å². The van der Waals surface area contributed by atoms with Gasteiger partial charge in [0, 0.05) is 5.56 Å². The Hall–Kier alpha value is -1.97. The SMILES string of the molecule is CCc1nc(N)oc1-c1ccc(OC)cc1. The summed E-state index contributed by atoms with van der Waals surface area (Å²) in [5.41, 5.74) is 7.38. The number of methoxy groups -OCH3 is 1. The maximum atomic E-state index is 5.55. The molecule has 0 aliphatic heterocycles. The molecule has 4 nitrogen and oxygen atoms in total. The highest BCUT2D eigenvalue weighted by Crippen LogP contribution is 2.27. The third-order valence-electron chi connectivity index (χ3n) is 2.40. The Morgan fingerprint density at radius 3 is 2.56 bits per heavy atom. The highest BCUT2D eigenvalue weighted by molar-refractivity contribution is 5.61. The van der Waals surface area contributed by atoms with Crippen LogP contribution in [0.3, 0.4) is 0 Å². The molecule has 0 aliphatic rings. The van der Waals surface area contributed by atoms with Crippen LogP contribution in [0.25, 0.3) is 11.3 Å². The van der Waals surface area contributed by atoms with Crippen LogP contribution in [-0.2, 0) is 6.42 Å². The fourth-order valence-electron chi connectivity index (χ4n) is 1.58. The Bertz CT molecular complexity index is 474. The Morgan fingerprint density at radius 2 is 2.00 bits per heavy atom. The van der Waals surface area contributed by atoms with Crippen molar-refractivity contribution in [1.82, 2.24) is 4.98 Å². The van der Waals surface area contributed by atoms with Crippen molar-refractivity contribution in [2.75, 3.05) is 12.8 Å². The van der Waals surface area contributed by atoms with Gasteiger partial charge >= 0.3 is 0 Å². The van der Waals surface area contributed by atoms with E-state index in [4.69, 9.17) is 14.9 Å². The van der Waals surface area contributed by atoms with Crippen LogP contribution in [0.15, 0.2) is 28.7 Å². The normalized spacial score (nSPS) is 10.4. The smallest absolute Gasteiger partial charge is 0.292 e. The number of hydrogen-bond acceptors (Lipinski definition) is 4. The molecule has 0 radical (unpaired) electrons. The highest BCUT2D eigenvalue weighted by atomic mass is 16.5. The third-order valence-corrected chi connectivity index (χ3v) is 2.40. The van der Waals surface area contributed by atoms with Crippen LogP contribution in [-0.4, -0.2) is 12.1 Å². The standard InChI is InChI=1S/C12H14N2O2/c1-3-10-11(16-12(13)14-10)8-4-6-9(15-2)7-5-8/h4-7H,3H2,1-2H3,(H2,13,14). The number of ether oxygens (including phenoxy) is 1. The minimum absolute atomic E-state index is 0.211. The van der Waals surface area contributed by atoms with Crippen molar-refractivity contribution < 1.29 is 9.15 Å². The number of rotatable bonds is 3. The lowest BCUT2D eigenvalue weighted by Crippen LogP contribution is -1.86. The minimum atomic E-state index is 0.211. The van der Waals surface area contributed by atoms with Gasteiger partial charge in [-0.2, -0.15) is 4.98 Å². The Balaban J connectivity index is 2.41. The first-order valence-corrected chi connectivity index (χ1v) is 5.14. The Morgan fingerprint density at radius 1 is 1.31 bits per heavy atom. The van der Waals surface area contributed by atoms with Gasteiger partial charge in [0.25, 0.3) is 6.01 Å². The molecule has 0 fully saturated rings. The van der Waals surface area contributed by atoms with Crippen LogP contribution in [0.2, 0.25) is 0 Å². The Labute approximate surface area is 94.1 Å². The summed E-state index contributed by atoms with van der Waals surface area (Å²) < 4.78 is 10.5. The predicted octanol–water partition coefficient (Wildman–Crippen LogP) is 2.49. The molecule has 0 spiro atoms. The van der Waals surface area contributed by atoms with E-state index >= 15 is 0 Å². The van der Waals surface area contributed by atoms with E-state index in [2.05, 4.69) is 4.98 Å². The van der Waals surface area contributed by atoms with Crippen LogP contribution in [0.1, 0.15) is 12.6 Å². The molecule has 2 N–H and O–H groups in total. The van der Waals surface area contributed by atoms with Crippen LogP contribution in [0.4, 0.5) is 6.01 Å². The average molecular weight is 218 g/mol. The van der Waals surface area contributed by atoms with Crippen molar-refractivity contribution in [3.8, 4) is 17.1 Å². The fourth-order valence-corrected chi connectivity index (χ4v) is 1.58. The van der Waals surface area contributed by atoms with E-state index in [1.165, 1.54) is 0 Å². The molecule has 0 saturated heterocycles. The quantitative estimate of drug-likeness (QED) is 0.859. The topological polar surface area (TPSA) is 61.3 Å². The van der Waals surface area contributed by atoms with Crippen LogP contribution < -0.4 is 10.5 Å². The molecule has 4 heteroatoms. The Kier molecular flexibility index (Phi) is 2.81. The summed E-state index contributed by atoms with van der Waals surface area (Å²) in [5.74, 6) is 1.55. The molecule has 1 heterocycles. The molecular formula is C12H14N2O2. The second kappa shape index (κ2) is 4.26. The highest BCUT2D eigenvalue weighted by Gasteiger charge is 2.11. The zero-order valence-electron chi connectivity index (χ0n) is 9.36. The van der Waals surface area contributed by atoms with E-state index < -0.39 is 0 Å².